The average molecular weight is 338 g/mol. The summed E-state index contributed by atoms with van der Waals surface area (Å²) in [6.07, 6.45) is -2.59. The molecule has 1 fully saturated rings. The molecular formula is C14H14N2O8. The monoisotopic (exact) mass is 338 g/mol. The number of aliphatic hydroxyl groups excluding tert-OH is 1. The SMILES string of the molecule is Cc1ccc(C2CC(C(=O)O)(C(=O)O)N(C=O)C2O)c([N+](=O)[O-])c1. The van der Waals surface area contributed by atoms with E-state index in [1.807, 2.05) is 0 Å². The first-order valence-electron chi connectivity index (χ1n) is 6.80. The smallest absolute Gasteiger partial charge is 0.341 e. The van der Waals surface area contributed by atoms with Crippen molar-refractivity contribution < 1.29 is 34.6 Å². The molecule has 0 aromatic heterocycles. The summed E-state index contributed by atoms with van der Waals surface area (Å²) in [6.45, 7) is 1.61. The molecule has 1 aliphatic rings. The van der Waals surface area contributed by atoms with Gasteiger partial charge in [-0.3, -0.25) is 19.8 Å². The highest BCUT2D eigenvalue weighted by atomic mass is 16.6. The van der Waals surface area contributed by atoms with Gasteiger partial charge < -0.3 is 15.3 Å². The molecule has 10 heteroatoms. The Morgan fingerprint density at radius 1 is 1.38 bits per heavy atom. The summed E-state index contributed by atoms with van der Waals surface area (Å²) >= 11 is 0. The van der Waals surface area contributed by atoms with Gasteiger partial charge in [0, 0.05) is 24.0 Å². The van der Waals surface area contributed by atoms with E-state index in [2.05, 4.69) is 0 Å². The highest BCUT2D eigenvalue weighted by Crippen LogP contribution is 2.45. The maximum atomic E-state index is 11.5. The first kappa shape index (κ1) is 17.3. The van der Waals surface area contributed by atoms with E-state index >= 15 is 0 Å². The van der Waals surface area contributed by atoms with Crippen molar-refractivity contribution in [1.82, 2.24) is 4.90 Å². The Labute approximate surface area is 135 Å². The van der Waals surface area contributed by atoms with Crippen LogP contribution < -0.4 is 0 Å². The predicted molar refractivity (Wildman–Crippen MR) is 77.1 cm³/mol. The normalized spacial score (nSPS) is 22.2. The van der Waals surface area contributed by atoms with Gasteiger partial charge >= 0.3 is 11.9 Å². The molecule has 0 radical (unpaired) electrons. The van der Waals surface area contributed by atoms with Gasteiger partial charge in [0.05, 0.1) is 4.92 Å². The lowest BCUT2D eigenvalue weighted by atomic mass is 9.87. The third-order valence-electron chi connectivity index (χ3n) is 4.20. The molecule has 1 aromatic rings. The van der Waals surface area contributed by atoms with Crippen LogP contribution in [0.5, 0.6) is 0 Å². The lowest BCUT2D eigenvalue weighted by Gasteiger charge is -2.28. The van der Waals surface area contributed by atoms with Crippen LogP contribution in [0.25, 0.3) is 0 Å². The number of nitro benzene ring substituents is 1. The number of rotatable bonds is 5. The van der Waals surface area contributed by atoms with E-state index in [-0.39, 0.29) is 22.6 Å². The fourth-order valence-electron chi connectivity index (χ4n) is 2.98. The van der Waals surface area contributed by atoms with Crippen molar-refractivity contribution in [3.8, 4) is 0 Å². The van der Waals surface area contributed by atoms with E-state index < -0.39 is 41.0 Å². The Kier molecular flexibility index (Phi) is 4.26. The van der Waals surface area contributed by atoms with Crippen molar-refractivity contribution in [1.29, 1.82) is 0 Å². The van der Waals surface area contributed by atoms with Crippen LogP contribution in [0.1, 0.15) is 23.5 Å². The van der Waals surface area contributed by atoms with Gasteiger partial charge in [0.25, 0.3) is 5.69 Å². The Morgan fingerprint density at radius 2 is 1.96 bits per heavy atom. The summed E-state index contributed by atoms with van der Waals surface area (Å²) in [4.78, 5) is 45.0. The zero-order chi connectivity index (χ0) is 18.2. The molecule has 1 saturated heterocycles. The summed E-state index contributed by atoms with van der Waals surface area (Å²) in [5, 5.41) is 40.1. The van der Waals surface area contributed by atoms with Crippen LogP contribution in [0, 0.1) is 17.0 Å². The van der Waals surface area contributed by atoms with E-state index in [0.29, 0.717) is 5.56 Å². The Hall–Kier alpha value is -3.01. The molecule has 128 valence electrons. The predicted octanol–water partition coefficient (Wildman–Crippen LogP) is 0.0753. The van der Waals surface area contributed by atoms with Crippen LogP contribution in [-0.4, -0.2) is 55.3 Å². The first-order valence-corrected chi connectivity index (χ1v) is 6.80. The van der Waals surface area contributed by atoms with Gasteiger partial charge in [-0.2, -0.15) is 0 Å². The number of carbonyl (C=O) groups is 3. The van der Waals surface area contributed by atoms with E-state index in [4.69, 9.17) is 0 Å². The fourth-order valence-corrected chi connectivity index (χ4v) is 2.98. The number of aliphatic hydroxyl groups is 1. The van der Waals surface area contributed by atoms with Crippen LogP contribution in [0.4, 0.5) is 5.69 Å². The second kappa shape index (κ2) is 5.89. The summed E-state index contributed by atoms with van der Waals surface area (Å²) in [5.74, 6) is -4.90. The van der Waals surface area contributed by atoms with Gasteiger partial charge in [-0.25, -0.2) is 9.59 Å². The number of aliphatic carboxylic acids is 2. The molecular weight excluding hydrogens is 324 g/mol. The van der Waals surface area contributed by atoms with Crippen LogP contribution >= 0.6 is 0 Å². The number of carboxylic acid groups (broad SMARTS) is 2. The summed E-state index contributed by atoms with van der Waals surface area (Å²) < 4.78 is 0. The molecule has 2 rings (SSSR count). The third-order valence-corrected chi connectivity index (χ3v) is 4.20. The van der Waals surface area contributed by atoms with Crippen LogP contribution in [-0.2, 0) is 14.4 Å². The number of carbonyl (C=O) groups excluding carboxylic acids is 1. The number of likely N-dealkylation sites (tertiary alicyclic amines) is 1. The highest BCUT2D eigenvalue weighted by Gasteiger charge is 2.62. The molecule has 24 heavy (non-hydrogen) atoms. The Balaban J connectivity index is 2.62. The molecule has 3 N–H and O–H groups in total. The minimum absolute atomic E-state index is 0.0330. The Morgan fingerprint density at radius 3 is 2.38 bits per heavy atom. The number of carboxylic acids is 2. The van der Waals surface area contributed by atoms with Crippen LogP contribution in [0.2, 0.25) is 0 Å². The molecule has 1 heterocycles. The van der Waals surface area contributed by atoms with Gasteiger partial charge in [-0.05, 0) is 12.5 Å². The minimum atomic E-state index is -2.69. The standard InChI is InChI=1S/C14H14N2O8/c1-7-2-3-8(10(4-7)16(23)24)9-5-14(12(19)20,13(21)22)15(6-17)11(9)18/h2-4,6,9,11,18H,5H2,1H3,(H,19,20)(H,21,22). The van der Waals surface area contributed by atoms with Gasteiger partial charge in [0.15, 0.2) is 0 Å². The first-order chi connectivity index (χ1) is 11.2. The van der Waals surface area contributed by atoms with Crippen LogP contribution in [0.15, 0.2) is 18.2 Å². The van der Waals surface area contributed by atoms with Gasteiger partial charge in [0.1, 0.15) is 6.23 Å². The van der Waals surface area contributed by atoms with Crippen LogP contribution in [0.3, 0.4) is 0 Å². The second-order valence-electron chi connectivity index (χ2n) is 5.53. The molecule has 1 aromatic carbocycles. The van der Waals surface area contributed by atoms with Gasteiger partial charge in [-0.15, -0.1) is 0 Å². The zero-order valence-corrected chi connectivity index (χ0v) is 12.4. The van der Waals surface area contributed by atoms with Crippen molar-refractivity contribution in [3.63, 3.8) is 0 Å². The largest absolute Gasteiger partial charge is 0.479 e. The molecule has 0 saturated carbocycles. The third kappa shape index (κ3) is 2.36. The minimum Gasteiger partial charge on any atom is -0.479 e. The maximum absolute atomic E-state index is 11.5. The molecule has 2 unspecified atom stereocenters. The lowest BCUT2D eigenvalue weighted by Crippen LogP contribution is -2.57. The second-order valence-corrected chi connectivity index (χ2v) is 5.53. The molecule has 1 amide bonds. The zero-order valence-electron chi connectivity index (χ0n) is 12.4. The number of benzene rings is 1. The maximum Gasteiger partial charge on any atom is 0.341 e. The topological polar surface area (TPSA) is 158 Å². The number of hydrogen-bond acceptors (Lipinski definition) is 6. The molecule has 2 atom stereocenters. The Bertz CT molecular complexity index is 717. The van der Waals surface area contributed by atoms with E-state index in [9.17, 15) is 39.8 Å². The summed E-state index contributed by atoms with van der Waals surface area (Å²) in [7, 11) is 0. The molecule has 1 aliphatic heterocycles. The highest BCUT2D eigenvalue weighted by molar-refractivity contribution is 6.05. The quantitative estimate of drug-likeness (QED) is 0.294. The number of nitrogens with zero attached hydrogens (tertiary/aromatic N) is 2. The number of aryl methyl sites for hydroxylation is 1. The summed E-state index contributed by atoms with van der Waals surface area (Å²) in [5.41, 5.74) is -2.54. The summed E-state index contributed by atoms with van der Waals surface area (Å²) in [6, 6.07) is 4.07. The number of nitro groups is 1. The molecule has 0 bridgehead atoms. The van der Waals surface area contributed by atoms with Gasteiger partial charge in [-0.1, -0.05) is 12.1 Å². The van der Waals surface area contributed by atoms with Crippen molar-refractivity contribution in [2.45, 2.75) is 31.0 Å². The number of hydrogen-bond donors (Lipinski definition) is 3. The fraction of sp³-hybridized carbons (Fsp3) is 0.357. The number of amides is 1. The molecule has 0 aliphatic carbocycles. The molecule has 10 nitrogen and oxygen atoms in total. The van der Waals surface area contributed by atoms with E-state index in [0.717, 1.165) is 0 Å². The van der Waals surface area contributed by atoms with Crippen molar-refractivity contribution >= 4 is 24.0 Å². The average Bonchev–Trinajstić information content (AvgIpc) is 2.81. The molecule has 0 spiro atoms. The van der Waals surface area contributed by atoms with E-state index in [1.165, 1.54) is 18.2 Å². The van der Waals surface area contributed by atoms with E-state index in [1.54, 1.807) is 6.92 Å². The van der Waals surface area contributed by atoms with Crippen molar-refractivity contribution in [3.05, 3.63) is 39.4 Å². The van der Waals surface area contributed by atoms with Crippen molar-refractivity contribution in [2.75, 3.05) is 0 Å². The lowest BCUT2D eigenvalue weighted by molar-refractivity contribution is -0.385. The van der Waals surface area contributed by atoms with Gasteiger partial charge in [0.2, 0.25) is 11.9 Å². The van der Waals surface area contributed by atoms with Crippen molar-refractivity contribution in [2.24, 2.45) is 0 Å².